The summed E-state index contributed by atoms with van der Waals surface area (Å²) in [4.78, 5) is 8.65. The van der Waals surface area contributed by atoms with E-state index in [1.807, 2.05) is 0 Å². The second-order valence-corrected chi connectivity index (χ2v) is 6.16. The molecule has 10 heteroatoms. The van der Waals surface area contributed by atoms with Crippen LogP contribution in [0.15, 0.2) is 54.7 Å². The van der Waals surface area contributed by atoms with Gasteiger partial charge in [-0.1, -0.05) is 17.8 Å². The Hall–Kier alpha value is -2.75. The molecule has 24 heavy (non-hydrogen) atoms. The molecule has 0 radical (unpaired) electrons. The van der Waals surface area contributed by atoms with Crippen molar-refractivity contribution in [2.75, 3.05) is 12.9 Å². The third-order valence-electron chi connectivity index (χ3n) is 2.65. The Morgan fingerprint density at radius 3 is 2.71 bits per heavy atom. The first-order valence-corrected chi connectivity index (χ1v) is 8.51. The van der Waals surface area contributed by atoms with Gasteiger partial charge in [0.1, 0.15) is 30.7 Å². The van der Waals surface area contributed by atoms with Gasteiger partial charge in [0.05, 0.1) is 6.26 Å². The lowest BCUT2D eigenvalue weighted by molar-refractivity contribution is 0.168. The van der Waals surface area contributed by atoms with Gasteiger partial charge in [0, 0.05) is 5.56 Å². The molecule has 0 aliphatic heterocycles. The third-order valence-corrected chi connectivity index (χ3v) is 3.14. The van der Waals surface area contributed by atoms with E-state index >= 15 is 0 Å². The quantitative estimate of drug-likeness (QED) is 0.235. The second kappa shape index (κ2) is 7.68. The molecule has 0 aliphatic rings. The van der Waals surface area contributed by atoms with Crippen LogP contribution in [-0.2, 0) is 15.0 Å². The zero-order valence-corrected chi connectivity index (χ0v) is 13.6. The smallest absolute Gasteiger partial charge is 0.306 e. The fraction of sp³-hybridized carbons (Fsp3) is 0.214. The predicted molar refractivity (Wildman–Crippen MR) is 84.8 cm³/mol. The largest absolute Gasteiger partial charge is 0.391 e. The van der Waals surface area contributed by atoms with Gasteiger partial charge in [-0.3, -0.25) is 0 Å². The molecule has 0 saturated carbocycles. The Bertz CT molecular complexity index is 804. The van der Waals surface area contributed by atoms with Crippen LogP contribution >= 0.6 is 0 Å². The number of benzene rings is 1. The van der Waals surface area contributed by atoms with Crippen LogP contribution in [0.2, 0.25) is 0 Å². The van der Waals surface area contributed by atoms with Crippen LogP contribution < -0.4 is 4.18 Å². The third kappa shape index (κ3) is 4.88. The van der Waals surface area contributed by atoms with Crippen molar-refractivity contribution in [2.45, 2.75) is 6.30 Å². The van der Waals surface area contributed by atoms with Crippen molar-refractivity contribution in [2.24, 2.45) is 5.16 Å². The summed E-state index contributed by atoms with van der Waals surface area (Å²) in [5.74, 6) is 0.101. The minimum absolute atomic E-state index is 0.0618. The zero-order valence-electron chi connectivity index (χ0n) is 12.7. The van der Waals surface area contributed by atoms with Gasteiger partial charge >= 0.3 is 10.1 Å². The van der Waals surface area contributed by atoms with Crippen LogP contribution in [-0.4, -0.2) is 41.8 Å². The highest BCUT2D eigenvalue weighted by Gasteiger charge is 2.21. The minimum atomic E-state index is -3.64. The Morgan fingerprint density at radius 1 is 1.46 bits per heavy atom. The Morgan fingerprint density at radius 2 is 2.17 bits per heavy atom. The maximum absolute atomic E-state index is 14.6. The van der Waals surface area contributed by atoms with E-state index in [1.165, 1.54) is 43.0 Å². The highest BCUT2D eigenvalue weighted by Crippen LogP contribution is 2.20. The molecular weight excluding hydrogens is 339 g/mol. The number of aromatic nitrogens is 3. The molecule has 1 aromatic carbocycles. The molecule has 8 nitrogen and oxygen atoms in total. The first kappa shape index (κ1) is 17.6. The first-order chi connectivity index (χ1) is 11.4. The van der Waals surface area contributed by atoms with Gasteiger partial charge in [0.15, 0.2) is 0 Å². The van der Waals surface area contributed by atoms with Gasteiger partial charge in [-0.2, -0.15) is 13.5 Å². The van der Waals surface area contributed by atoms with E-state index < -0.39 is 16.4 Å². The summed E-state index contributed by atoms with van der Waals surface area (Å²) in [6.45, 7) is 3.58. The van der Waals surface area contributed by atoms with Gasteiger partial charge in [0.25, 0.3) is 0 Å². The highest BCUT2D eigenvalue weighted by molar-refractivity contribution is 7.86. The molecule has 1 heterocycles. The Kier molecular flexibility index (Phi) is 5.64. The van der Waals surface area contributed by atoms with E-state index in [4.69, 9.17) is 9.02 Å². The van der Waals surface area contributed by atoms with Crippen LogP contribution in [0.5, 0.6) is 5.75 Å². The van der Waals surface area contributed by atoms with E-state index in [-0.39, 0.29) is 18.1 Å². The number of rotatable bonds is 8. The number of halogens is 1. The molecule has 0 N–H and O–H groups in total. The highest BCUT2D eigenvalue weighted by atomic mass is 32.2. The van der Waals surface area contributed by atoms with Crippen LogP contribution in [0, 0.1) is 0 Å². The number of alkyl halides is 1. The van der Waals surface area contributed by atoms with E-state index in [0.717, 1.165) is 10.9 Å². The number of hydrogen-bond donors (Lipinski definition) is 0. The van der Waals surface area contributed by atoms with Gasteiger partial charge in [0.2, 0.25) is 6.30 Å². The van der Waals surface area contributed by atoms with Crippen molar-refractivity contribution in [3.8, 4) is 5.75 Å². The number of oxime groups is 1. The van der Waals surface area contributed by atoms with Crippen LogP contribution in [0.4, 0.5) is 4.39 Å². The van der Waals surface area contributed by atoms with Crippen LogP contribution in [0.1, 0.15) is 11.9 Å². The maximum atomic E-state index is 14.6. The topological polar surface area (TPSA) is 95.7 Å². The summed E-state index contributed by atoms with van der Waals surface area (Å²) < 4.78 is 42.5. The summed E-state index contributed by atoms with van der Waals surface area (Å²) in [6, 6.07) is 5.68. The van der Waals surface area contributed by atoms with Crippen molar-refractivity contribution < 1.29 is 21.8 Å². The molecular formula is C14H15FN4O4S. The monoisotopic (exact) mass is 354 g/mol. The summed E-state index contributed by atoms with van der Waals surface area (Å²) in [7, 11) is -3.64. The Balaban J connectivity index is 2.29. The van der Waals surface area contributed by atoms with Gasteiger partial charge in [-0.25, -0.2) is 14.1 Å². The summed E-state index contributed by atoms with van der Waals surface area (Å²) in [6.07, 6.45) is 3.05. The van der Waals surface area contributed by atoms with Crippen LogP contribution in [0.25, 0.3) is 0 Å². The van der Waals surface area contributed by atoms with Gasteiger partial charge < -0.3 is 9.02 Å². The molecule has 0 bridgehead atoms. The molecule has 0 amide bonds. The fourth-order valence-corrected chi connectivity index (χ4v) is 2.17. The average Bonchev–Trinajstić information content (AvgIpc) is 3.05. The molecule has 1 atom stereocenters. The molecule has 1 aromatic heterocycles. The van der Waals surface area contributed by atoms with E-state index in [9.17, 15) is 12.8 Å². The lowest BCUT2D eigenvalue weighted by Gasteiger charge is -2.12. The lowest BCUT2D eigenvalue weighted by Crippen LogP contribution is -2.18. The van der Waals surface area contributed by atoms with Gasteiger partial charge in [-0.05, 0) is 24.3 Å². The average molecular weight is 354 g/mol. The summed E-state index contributed by atoms with van der Waals surface area (Å²) >= 11 is 0. The zero-order chi connectivity index (χ0) is 17.6. The molecule has 2 aromatic rings. The van der Waals surface area contributed by atoms with E-state index in [1.54, 1.807) is 0 Å². The fourth-order valence-electron chi connectivity index (χ4n) is 1.71. The standard InChI is InChI=1S/C14H15FN4O4S/c1-3-8-22-18-13(14(15)19-10-16-9-17-19)11-4-6-12(7-5-11)23-24(2,20)21/h3-7,9-10,14H,1,8H2,2H3. The first-order valence-electron chi connectivity index (χ1n) is 6.69. The summed E-state index contributed by atoms with van der Waals surface area (Å²) in [5, 5.41) is 7.49. The molecule has 1 unspecified atom stereocenters. The molecule has 2 rings (SSSR count). The lowest BCUT2D eigenvalue weighted by atomic mass is 10.1. The molecule has 0 spiro atoms. The van der Waals surface area contributed by atoms with Crippen molar-refractivity contribution in [3.63, 3.8) is 0 Å². The van der Waals surface area contributed by atoms with Crippen molar-refractivity contribution in [3.05, 3.63) is 55.1 Å². The normalized spacial score (nSPS) is 13.3. The van der Waals surface area contributed by atoms with E-state index in [2.05, 4.69) is 21.8 Å². The number of hydrogen-bond acceptors (Lipinski definition) is 7. The van der Waals surface area contributed by atoms with E-state index in [0.29, 0.717) is 5.56 Å². The molecule has 0 saturated heterocycles. The minimum Gasteiger partial charge on any atom is -0.391 e. The molecule has 0 fully saturated rings. The SMILES string of the molecule is C=CCON=C(c1ccc(OS(C)(=O)=O)cc1)C(F)n1cncn1. The maximum Gasteiger partial charge on any atom is 0.306 e. The van der Waals surface area contributed by atoms with Crippen molar-refractivity contribution >= 4 is 15.8 Å². The Labute approximate surface area is 138 Å². The second-order valence-electron chi connectivity index (χ2n) is 4.58. The van der Waals surface area contributed by atoms with Crippen LogP contribution in [0.3, 0.4) is 0 Å². The van der Waals surface area contributed by atoms with Crippen molar-refractivity contribution in [1.82, 2.24) is 14.8 Å². The summed E-state index contributed by atoms with van der Waals surface area (Å²) in [5.41, 5.74) is 0.302. The molecule has 0 aliphatic carbocycles. The predicted octanol–water partition coefficient (Wildman–Crippen LogP) is 1.69. The number of nitrogens with zero attached hydrogens (tertiary/aromatic N) is 4. The van der Waals surface area contributed by atoms with Gasteiger partial charge in [-0.15, -0.1) is 0 Å². The van der Waals surface area contributed by atoms with Crippen molar-refractivity contribution in [1.29, 1.82) is 0 Å². The molecule has 128 valence electrons.